The molecule has 2 aliphatic carbocycles. The summed E-state index contributed by atoms with van der Waals surface area (Å²) < 4.78 is 42.9. The Balaban J connectivity index is 1.39. The summed E-state index contributed by atoms with van der Waals surface area (Å²) in [6.45, 7) is 16.6. The van der Waals surface area contributed by atoms with Crippen LogP contribution in [0.15, 0.2) is 30.4 Å². The van der Waals surface area contributed by atoms with Gasteiger partial charge in [0.15, 0.2) is 0 Å². The van der Waals surface area contributed by atoms with Crippen LogP contribution in [-0.4, -0.2) is 99.8 Å². The molecule has 6 rings (SSSR count). The number of allylic oxidation sites excluding steroid dienone is 2. The highest BCUT2D eigenvalue weighted by molar-refractivity contribution is 7.91. The number of para-hydroxylation sites is 1. The second kappa shape index (κ2) is 16.7. The molecular formula is C43H63N7O9S. The molecule has 1 aromatic heterocycles. The van der Waals surface area contributed by atoms with Gasteiger partial charge in [-0.15, -0.1) is 0 Å². The Morgan fingerprint density at radius 2 is 1.75 bits per heavy atom. The maximum absolute atomic E-state index is 14.8. The van der Waals surface area contributed by atoms with Crippen molar-refractivity contribution in [1.82, 2.24) is 35.1 Å². The van der Waals surface area contributed by atoms with Gasteiger partial charge in [-0.05, 0) is 103 Å². The van der Waals surface area contributed by atoms with E-state index in [2.05, 4.69) is 20.7 Å². The van der Waals surface area contributed by atoms with Crippen molar-refractivity contribution in [3.63, 3.8) is 0 Å². The lowest BCUT2D eigenvalue weighted by molar-refractivity contribution is -0.143. The Hall–Kier alpha value is -4.67. The van der Waals surface area contributed by atoms with Crippen molar-refractivity contribution in [1.29, 1.82) is 0 Å². The number of hydrogen-bond acceptors (Lipinski definition) is 10. The number of amides is 5. The van der Waals surface area contributed by atoms with E-state index in [9.17, 15) is 32.4 Å². The molecule has 4 N–H and O–H groups in total. The molecule has 0 unspecified atom stereocenters. The van der Waals surface area contributed by atoms with E-state index in [1.165, 1.54) is 4.90 Å². The van der Waals surface area contributed by atoms with Crippen LogP contribution < -0.4 is 25.4 Å². The van der Waals surface area contributed by atoms with Gasteiger partial charge in [0.05, 0.1) is 22.4 Å². The summed E-state index contributed by atoms with van der Waals surface area (Å²) in [6.07, 6.45) is 6.03. The molecule has 60 heavy (non-hydrogen) atoms. The number of imidazole rings is 1. The second-order valence-corrected chi connectivity index (χ2v) is 21.3. The Morgan fingerprint density at radius 1 is 1.05 bits per heavy atom. The fraction of sp³-hybridized carbons (Fsp3) is 0.674. The van der Waals surface area contributed by atoms with Gasteiger partial charge < -0.3 is 30.3 Å². The third-order valence-corrected chi connectivity index (χ3v) is 14.3. The number of carbonyl (C=O) groups is 5. The molecule has 1 saturated heterocycles. The van der Waals surface area contributed by atoms with E-state index in [0.717, 1.165) is 0 Å². The lowest BCUT2D eigenvalue weighted by atomic mass is 9.85. The minimum atomic E-state index is -4.10. The number of hydrogen-bond donors (Lipinski definition) is 4. The summed E-state index contributed by atoms with van der Waals surface area (Å²) in [4.78, 5) is 76.3. The highest BCUT2D eigenvalue weighted by Gasteiger charge is 2.64. The summed E-state index contributed by atoms with van der Waals surface area (Å²) >= 11 is 0. The van der Waals surface area contributed by atoms with E-state index in [1.54, 1.807) is 53.7 Å². The first-order chi connectivity index (χ1) is 28.0. The van der Waals surface area contributed by atoms with Crippen molar-refractivity contribution in [2.24, 2.45) is 11.3 Å². The maximum atomic E-state index is 14.8. The number of aromatic nitrogens is 2. The third-order valence-electron chi connectivity index (χ3n) is 12.1. The predicted octanol–water partition coefficient (Wildman–Crippen LogP) is 5.03. The molecule has 5 amide bonds. The monoisotopic (exact) mass is 853 g/mol. The summed E-state index contributed by atoms with van der Waals surface area (Å²) in [7, 11) is -4.10. The van der Waals surface area contributed by atoms with Gasteiger partial charge in [0.2, 0.25) is 21.8 Å². The summed E-state index contributed by atoms with van der Waals surface area (Å²) in [6, 6.07) is 3.06. The highest BCUT2D eigenvalue weighted by Crippen LogP contribution is 2.50. The van der Waals surface area contributed by atoms with Crippen LogP contribution >= 0.6 is 0 Å². The molecule has 2 saturated carbocycles. The van der Waals surface area contributed by atoms with Gasteiger partial charge in [0.25, 0.3) is 17.8 Å². The van der Waals surface area contributed by atoms with E-state index in [1.807, 2.05) is 43.6 Å². The first-order valence-corrected chi connectivity index (χ1v) is 22.8. The predicted molar refractivity (Wildman–Crippen MR) is 226 cm³/mol. The van der Waals surface area contributed by atoms with Crippen LogP contribution in [0.2, 0.25) is 0 Å². The van der Waals surface area contributed by atoms with Gasteiger partial charge in [-0.3, -0.25) is 28.5 Å². The molecule has 1 aromatic carbocycles. The van der Waals surface area contributed by atoms with E-state index >= 15 is 0 Å². The fourth-order valence-corrected chi connectivity index (χ4v) is 10.1. The van der Waals surface area contributed by atoms with Crippen LogP contribution in [0.25, 0.3) is 11.0 Å². The molecule has 17 heteroatoms. The van der Waals surface area contributed by atoms with Crippen molar-refractivity contribution >= 4 is 50.8 Å². The van der Waals surface area contributed by atoms with E-state index in [4.69, 9.17) is 14.5 Å². The average molecular weight is 854 g/mol. The number of nitrogens with zero attached hydrogens (tertiary/aromatic N) is 3. The average Bonchev–Trinajstić information content (AvgIpc) is 4.00. The number of ether oxygens (including phenoxy) is 2. The smallest absolute Gasteiger partial charge is 0.408 e. The first-order valence-electron chi connectivity index (χ1n) is 21.3. The fourth-order valence-electron chi connectivity index (χ4n) is 8.45. The van der Waals surface area contributed by atoms with E-state index in [-0.39, 0.29) is 43.3 Å². The van der Waals surface area contributed by atoms with Crippen LogP contribution in [0.1, 0.15) is 137 Å². The van der Waals surface area contributed by atoms with E-state index in [0.29, 0.717) is 68.1 Å². The summed E-state index contributed by atoms with van der Waals surface area (Å²) in [5.74, 6) is -2.63. The topological polar surface area (TPSA) is 207 Å². The Labute approximate surface area is 353 Å². The van der Waals surface area contributed by atoms with Crippen molar-refractivity contribution in [2.45, 2.75) is 160 Å². The van der Waals surface area contributed by atoms with Gasteiger partial charge in [-0.25, -0.2) is 13.2 Å². The highest BCUT2D eigenvalue weighted by atomic mass is 32.2. The number of rotatable bonds is 4. The SMILES string of the molecule is CC[C@@H]1C[C@@]12NC(=O)[C@@H]1C[C@H](CN1C(=O)[C@@H](NC(=O)OC(C)(C)C)C(C)(C)C)Oc1nc3c(cccc3n1C(C)C)C(=O)NCCC/C=C/CCC1(CC1)S(=O)(=O)NC2=O. The Morgan fingerprint density at radius 3 is 2.37 bits per heavy atom. The molecule has 0 radical (unpaired) electrons. The third kappa shape index (κ3) is 9.30. The van der Waals surface area contributed by atoms with Crippen molar-refractivity contribution in [2.75, 3.05) is 13.1 Å². The normalized spacial score (nSPS) is 27.1. The van der Waals surface area contributed by atoms with Gasteiger partial charge >= 0.3 is 6.09 Å². The number of benzene rings is 1. The molecule has 2 aliphatic heterocycles. The van der Waals surface area contributed by atoms with Crippen LogP contribution in [-0.2, 0) is 29.1 Å². The van der Waals surface area contributed by atoms with E-state index < -0.39 is 73.3 Å². The van der Waals surface area contributed by atoms with Crippen molar-refractivity contribution in [3.8, 4) is 6.01 Å². The molecule has 330 valence electrons. The lowest BCUT2D eigenvalue weighted by Gasteiger charge is -2.36. The number of fused-ring (bicyclic) bond motifs is 3. The van der Waals surface area contributed by atoms with Gasteiger partial charge in [0, 0.05) is 19.0 Å². The molecule has 2 spiro atoms. The number of carbonyl (C=O) groups excluding carboxylic acids is 5. The van der Waals surface area contributed by atoms with Gasteiger partial charge in [-0.1, -0.05) is 52.3 Å². The Bertz CT molecular complexity index is 2150. The number of nitrogens with one attached hydrogen (secondary N) is 4. The first kappa shape index (κ1) is 44.9. The molecule has 4 aliphatic rings. The van der Waals surface area contributed by atoms with Crippen LogP contribution in [0.4, 0.5) is 4.79 Å². The number of sulfonamides is 1. The summed E-state index contributed by atoms with van der Waals surface area (Å²) in [5.41, 5.74) is -1.70. The van der Waals surface area contributed by atoms with Crippen molar-refractivity contribution < 1.29 is 41.9 Å². The largest absolute Gasteiger partial charge is 0.459 e. The standard InChI is InChI=1S/C43H63N7O9S/c1-10-27-24-43(27)37(54)48-60(56,57)42(20-21-42)19-14-12-11-13-15-22-44-34(51)29-17-16-18-30-32(29)45-38(50(30)26(2)3)58-28-23-31(35(52)47-43)49(25-28)36(53)33(40(4,5)6)46-39(55)59-41(7,8)9/h11-12,16-18,26-28,31,33H,10,13-15,19-25H2,1-9H3,(H,44,51)(H,46,55)(H,47,52)(H,48,54)/b12-11+/t27-,28-,31+,33-,43-/m1/s1. The molecule has 3 fully saturated rings. The molecule has 5 atom stereocenters. The maximum Gasteiger partial charge on any atom is 0.408 e. The zero-order valence-corrected chi connectivity index (χ0v) is 37.3. The van der Waals surface area contributed by atoms with Crippen LogP contribution in [0, 0.1) is 11.3 Å². The lowest BCUT2D eigenvalue weighted by Crippen LogP contribution is -2.60. The van der Waals surface area contributed by atoms with Crippen molar-refractivity contribution in [3.05, 3.63) is 35.9 Å². The summed E-state index contributed by atoms with van der Waals surface area (Å²) in [5, 5.41) is 8.63. The molecule has 2 aromatic rings. The van der Waals surface area contributed by atoms with Crippen LogP contribution in [0.5, 0.6) is 6.01 Å². The molecule has 3 heterocycles. The molecular weight excluding hydrogens is 791 g/mol. The van der Waals surface area contributed by atoms with Crippen LogP contribution in [0.3, 0.4) is 0 Å². The zero-order valence-electron chi connectivity index (χ0n) is 36.5. The zero-order chi connectivity index (χ0) is 44.0. The minimum Gasteiger partial charge on any atom is -0.459 e. The number of likely N-dealkylation sites (tertiary alicyclic amines) is 1. The molecule has 16 nitrogen and oxygen atoms in total. The quantitative estimate of drug-likeness (QED) is 0.302. The van der Waals surface area contributed by atoms with Gasteiger partial charge in [0.1, 0.15) is 34.8 Å². The number of alkyl carbamates (subject to hydrolysis) is 1. The second-order valence-electron chi connectivity index (χ2n) is 19.3. The van der Waals surface area contributed by atoms with Gasteiger partial charge in [-0.2, -0.15) is 4.98 Å². The molecule has 4 bridgehead atoms. The Kier molecular flexibility index (Phi) is 12.5. The minimum absolute atomic E-state index is 0.0149.